The summed E-state index contributed by atoms with van der Waals surface area (Å²) < 4.78 is 12.7. The summed E-state index contributed by atoms with van der Waals surface area (Å²) >= 11 is 6.29. The molecule has 1 amide bonds. The van der Waals surface area contributed by atoms with Crippen LogP contribution < -0.4 is 10.1 Å². The van der Waals surface area contributed by atoms with Gasteiger partial charge in [-0.05, 0) is 23.8 Å². The van der Waals surface area contributed by atoms with E-state index in [4.69, 9.17) is 21.1 Å². The van der Waals surface area contributed by atoms with Crippen molar-refractivity contribution in [3.05, 3.63) is 46.7 Å². The summed E-state index contributed by atoms with van der Waals surface area (Å²) in [7, 11) is 1.54. The number of nitrogens with one attached hydrogen (secondary N) is 1. The number of nitriles is 1. The predicted molar refractivity (Wildman–Crippen MR) is 101 cm³/mol. The highest BCUT2D eigenvalue weighted by Gasteiger charge is 2.21. The van der Waals surface area contributed by atoms with E-state index in [0.29, 0.717) is 52.0 Å². The Morgan fingerprint density at radius 2 is 2.32 bits per heavy atom. The minimum atomic E-state index is -0.281. The largest absolute Gasteiger partial charge is 0.471 e. The molecule has 9 heteroatoms. The lowest BCUT2D eigenvalue weighted by Crippen LogP contribution is -2.18. The summed E-state index contributed by atoms with van der Waals surface area (Å²) in [5.41, 5.74) is 2.56. The monoisotopic (exact) mass is 397 g/mol. The second-order valence-corrected chi connectivity index (χ2v) is 6.72. The average molecular weight is 398 g/mol. The minimum Gasteiger partial charge on any atom is -0.471 e. The van der Waals surface area contributed by atoms with Crippen molar-refractivity contribution >= 4 is 23.2 Å². The molecule has 142 valence electrons. The Labute approximate surface area is 165 Å². The molecule has 0 radical (unpaired) electrons. The number of halogens is 1. The van der Waals surface area contributed by atoms with E-state index >= 15 is 0 Å². The highest BCUT2D eigenvalue weighted by atomic mass is 35.5. The van der Waals surface area contributed by atoms with Crippen molar-refractivity contribution in [2.24, 2.45) is 0 Å². The van der Waals surface area contributed by atoms with E-state index in [1.54, 1.807) is 24.5 Å². The van der Waals surface area contributed by atoms with Crippen LogP contribution in [0, 0.1) is 11.3 Å². The van der Waals surface area contributed by atoms with Crippen LogP contribution in [-0.4, -0.2) is 46.9 Å². The third-order valence-electron chi connectivity index (χ3n) is 4.45. The SMILES string of the molecule is CNC(=O)c1cc(C#N)cc(-c2cnn3cc(Cl)c(OC4CCOC4)nc23)c1. The molecule has 1 N–H and O–H groups in total. The summed E-state index contributed by atoms with van der Waals surface area (Å²) in [6, 6.07) is 6.99. The van der Waals surface area contributed by atoms with Gasteiger partial charge in [-0.25, -0.2) is 4.52 Å². The molecule has 1 unspecified atom stereocenters. The van der Waals surface area contributed by atoms with Gasteiger partial charge in [-0.3, -0.25) is 4.79 Å². The summed E-state index contributed by atoms with van der Waals surface area (Å²) in [6.45, 7) is 1.14. The molecule has 3 aromatic rings. The molecule has 1 aliphatic rings. The van der Waals surface area contributed by atoms with Crippen LogP contribution in [0.4, 0.5) is 0 Å². The number of carbonyl (C=O) groups is 1. The summed E-state index contributed by atoms with van der Waals surface area (Å²) in [6.07, 6.45) is 3.91. The maximum absolute atomic E-state index is 12.1. The van der Waals surface area contributed by atoms with Gasteiger partial charge in [0.25, 0.3) is 5.91 Å². The lowest BCUT2D eigenvalue weighted by atomic mass is 10.0. The minimum absolute atomic E-state index is 0.0967. The van der Waals surface area contributed by atoms with Gasteiger partial charge >= 0.3 is 0 Å². The van der Waals surface area contributed by atoms with Crippen LogP contribution >= 0.6 is 11.6 Å². The number of rotatable bonds is 4. The third-order valence-corrected chi connectivity index (χ3v) is 4.70. The van der Waals surface area contributed by atoms with Gasteiger partial charge in [0.05, 0.1) is 37.2 Å². The van der Waals surface area contributed by atoms with Crippen LogP contribution in [0.2, 0.25) is 5.02 Å². The van der Waals surface area contributed by atoms with Crippen molar-refractivity contribution in [3.8, 4) is 23.1 Å². The Morgan fingerprint density at radius 1 is 1.46 bits per heavy atom. The molecule has 4 rings (SSSR count). The average Bonchev–Trinajstić information content (AvgIpc) is 3.37. The first-order valence-electron chi connectivity index (χ1n) is 8.65. The standard InChI is InChI=1S/C19H16ClN5O3/c1-22-18(26)13-5-11(7-21)4-12(6-13)15-8-23-25-9-16(20)19(24-17(15)25)28-14-2-3-27-10-14/h4-6,8-9,14H,2-3,10H2,1H3,(H,22,26). The van der Waals surface area contributed by atoms with E-state index in [0.717, 1.165) is 6.42 Å². The number of hydrogen-bond donors (Lipinski definition) is 1. The normalized spacial score (nSPS) is 16.1. The molecular weight excluding hydrogens is 382 g/mol. The zero-order chi connectivity index (χ0) is 19.7. The predicted octanol–water partition coefficient (Wildman–Crippen LogP) is 2.45. The van der Waals surface area contributed by atoms with Gasteiger partial charge in [0.15, 0.2) is 5.65 Å². The van der Waals surface area contributed by atoms with E-state index in [9.17, 15) is 10.1 Å². The number of fused-ring (bicyclic) bond motifs is 1. The summed E-state index contributed by atoms with van der Waals surface area (Å²) in [5, 5.41) is 16.5. The Balaban J connectivity index is 1.80. The first-order valence-corrected chi connectivity index (χ1v) is 9.02. The maximum Gasteiger partial charge on any atom is 0.251 e. The first kappa shape index (κ1) is 18.2. The number of amides is 1. The van der Waals surface area contributed by atoms with E-state index in [-0.39, 0.29) is 12.0 Å². The number of aromatic nitrogens is 3. The highest BCUT2D eigenvalue weighted by Crippen LogP contribution is 2.30. The van der Waals surface area contributed by atoms with Crippen LogP contribution in [0.25, 0.3) is 16.8 Å². The van der Waals surface area contributed by atoms with Crippen LogP contribution in [0.3, 0.4) is 0 Å². The van der Waals surface area contributed by atoms with Gasteiger partial charge in [-0.2, -0.15) is 15.3 Å². The number of hydrogen-bond acceptors (Lipinski definition) is 6. The van der Waals surface area contributed by atoms with Crippen molar-refractivity contribution in [2.45, 2.75) is 12.5 Å². The van der Waals surface area contributed by atoms with Crippen molar-refractivity contribution in [1.29, 1.82) is 5.26 Å². The molecule has 28 heavy (non-hydrogen) atoms. The zero-order valence-corrected chi connectivity index (χ0v) is 15.7. The maximum atomic E-state index is 12.1. The molecule has 0 saturated carbocycles. The lowest BCUT2D eigenvalue weighted by molar-refractivity contribution is 0.0963. The second kappa shape index (κ2) is 7.46. The van der Waals surface area contributed by atoms with Crippen LogP contribution in [0.15, 0.2) is 30.6 Å². The van der Waals surface area contributed by atoms with Crippen molar-refractivity contribution in [3.63, 3.8) is 0 Å². The number of ether oxygens (including phenoxy) is 2. The van der Waals surface area contributed by atoms with E-state index in [1.807, 2.05) is 0 Å². The Bertz CT molecular complexity index is 1100. The lowest BCUT2D eigenvalue weighted by Gasteiger charge is -2.12. The highest BCUT2D eigenvalue weighted by molar-refractivity contribution is 6.31. The fraction of sp³-hybridized carbons (Fsp3) is 0.263. The third kappa shape index (κ3) is 3.38. The molecule has 1 atom stereocenters. The summed E-state index contributed by atoms with van der Waals surface area (Å²) in [5.74, 6) is 0.0189. The molecule has 1 saturated heterocycles. The van der Waals surface area contributed by atoms with Crippen LogP contribution in [0.1, 0.15) is 22.3 Å². The molecular formula is C19H16ClN5O3. The molecule has 0 spiro atoms. The summed E-state index contributed by atoms with van der Waals surface area (Å²) in [4.78, 5) is 16.6. The number of nitrogens with zero attached hydrogens (tertiary/aromatic N) is 4. The van der Waals surface area contributed by atoms with Gasteiger partial charge in [0.1, 0.15) is 11.1 Å². The van der Waals surface area contributed by atoms with Gasteiger partial charge in [0, 0.05) is 24.6 Å². The van der Waals surface area contributed by atoms with Crippen LogP contribution in [-0.2, 0) is 4.74 Å². The van der Waals surface area contributed by atoms with E-state index < -0.39 is 0 Å². The number of benzene rings is 1. The molecule has 8 nitrogen and oxygen atoms in total. The second-order valence-electron chi connectivity index (χ2n) is 6.31. The molecule has 2 aromatic heterocycles. The van der Waals surface area contributed by atoms with E-state index in [1.165, 1.54) is 17.6 Å². The number of carbonyl (C=O) groups excluding carboxylic acids is 1. The Kier molecular flexibility index (Phi) is 4.86. The van der Waals surface area contributed by atoms with Crippen molar-refractivity contribution in [2.75, 3.05) is 20.3 Å². The molecule has 1 fully saturated rings. The molecule has 0 aliphatic carbocycles. The van der Waals surface area contributed by atoms with Gasteiger partial charge in [-0.1, -0.05) is 11.6 Å². The molecule has 1 aromatic carbocycles. The molecule has 3 heterocycles. The quantitative estimate of drug-likeness (QED) is 0.725. The Hall–Kier alpha value is -3.15. The molecule has 0 bridgehead atoms. The van der Waals surface area contributed by atoms with Crippen LogP contribution in [0.5, 0.6) is 5.88 Å². The zero-order valence-electron chi connectivity index (χ0n) is 15.0. The smallest absolute Gasteiger partial charge is 0.251 e. The van der Waals surface area contributed by atoms with E-state index in [2.05, 4.69) is 21.5 Å². The molecule has 1 aliphatic heterocycles. The first-order chi connectivity index (χ1) is 13.6. The fourth-order valence-electron chi connectivity index (χ4n) is 3.05. The van der Waals surface area contributed by atoms with Gasteiger partial charge < -0.3 is 14.8 Å². The van der Waals surface area contributed by atoms with Crippen molar-refractivity contribution < 1.29 is 14.3 Å². The Morgan fingerprint density at radius 3 is 3.04 bits per heavy atom. The van der Waals surface area contributed by atoms with Gasteiger partial charge in [0.2, 0.25) is 5.88 Å². The fourth-order valence-corrected chi connectivity index (χ4v) is 3.23. The van der Waals surface area contributed by atoms with Gasteiger partial charge in [-0.15, -0.1) is 0 Å². The van der Waals surface area contributed by atoms with Crippen molar-refractivity contribution in [1.82, 2.24) is 19.9 Å². The topological polar surface area (TPSA) is 102 Å².